The highest BCUT2D eigenvalue weighted by Crippen LogP contribution is 2.30. The molecule has 8 heteroatoms. The first kappa shape index (κ1) is 20.4. The van der Waals surface area contributed by atoms with Crippen LogP contribution in [0.3, 0.4) is 0 Å². The van der Waals surface area contributed by atoms with Crippen LogP contribution in [0.1, 0.15) is 30.3 Å². The molecule has 0 radical (unpaired) electrons. The van der Waals surface area contributed by atoms with Gasteiger partial charge in [0.05, 0.1) is 30.3 Å². The normalized spacial score (nSPS) is 14.3. The summed E-state index contributed by atoms with van der Waals surface area (Å²) in [6.45, 7) is 6.38. The Hall–Kier alpha value is -3.29. The van der Waals surface area contributed by atoms with Crippen molar-refractivity contribution in [2.24, 2.45) is 7.05 Å². The SMILES string of the molecule is Cc1nn(C)c(C)c1NC(=O)[C@@H](C)OC(=O)/C=C/c1ccc2c(c1)OCCCO2. The second-order valence-electron chi connectivity index (χ2n) is 6.83. The Kier molecular flexibility index (Phi) is 6.21. The molecule has 1 atom stereocenters. The smallest absolute Gasteiger partial charge is 0.331 e. The lowest BCUT2D eigenvalue weighted by atomic mass is 10.2. The number of amides is 1. The summed E-state index contributed by atoms with van der Waals surface area (Å²) in [6, 6.07) is 5.43. The van der Waals surface area contributed by atoms with Gasteiger partial charge in [0.1, 0.15) is 0 Å². The van der Waals surface area contributed by atoms with Gasteiger partial charge >= 0.3 is 5.97 Å². The summed E-state index contributed by atoms with van der Waals surface area (Å²) >= 11 is 0. The number of benzene rings is 1. The van der Waals surface area contributed by atoms with Gasteiger partial charge < -0.3 is 19.5 Å². The van der Waals surface area contributed by atoms with Crippen LogP contribution in [0.5, 0.6) is 11.5 Å². The van der Waals surface area contributed by atoms with Crippen molar-refractivity contribution in [3.63, 3.8) is 0 Å². The second kappa shape index (κ2) is 8.81. The van der Waals surface area contributed by atoms with Gasteiger partial charge in [0.25, 0.3) is 5.91 Å². The Labute approximate surface area is 169 Å². The molecule has 2 aromatic rings. The number of fused-ring (bicyclic) bond motifs is 1. The highest BCUT2D eigenvalue weighted by atomic mass is 16.5. The van der Waals surface area contributed by atoms with Gasteiger partial charge in [0.15, 0.2) is 17.6 Å². The minimum atomic E-state index is -0.949. The highest BCUT2D eigenvalue weighted by molar-refractivity contribution is 5.97. The minimum absolute atomic E-state index is 0.415. The van der Waals surface area contributed by atoms with E-state index in [0.29, 0.717) is 36.1 Å². The van der Waals surface area contributed by atoms with Crippen LogP contribution in [0.2, 0.25) is 0 Å². The number of aryl methyl sites for hydroxylation is 2. The van der Waals surface area contributed by atoms with E-state index in [-0.39, 0.29) is 0 Å². The first-order valence-electron chi connectivity index (χ1n) is 9.44. The number of carbonyl (C=O) groups excluding carboxylic acids is 2. The molecular weight excluding hydrogens is 374 g/mol. The number of esters is 1. The molecule has 3 rings (SSSR count). The van der Waals surface area contributed by atoms with Crippen molar-refractivity contribution in [2.75, 3.05) is 18.5 Å². The minimum Gasteiger partial charge on any atom is -0.490 e. The zero-order valence-electron chi connectivity index (χ0n) is 17.0. The van der Waals surface area contributed by atoms with E-state index in [9.17, 15) is 9.59 Å². The van der Waals surface area contributed by atoms with Gasteiger partial charge in [0, 0.05) is 19.5 Å². The number of carbonyl (C=O) groups is 2. The van der Waals surface area contributed by atoms with E-state index >= 15 is 0 Å². The van der Waals surface area contributed by atoms with Gasteiger partial charge in [-0.15, -0.1) is 0 Å². The molecule has 0 saturated carbocycles. The predicted octanol–water partition coefficient (Wildman–Crippen LogP) is 2.78. The van der Waals surface area contributed by atoms with E-state index in [0.717, 1.165) is 17.7 Å². The summed E-state index contributed by atoms with van der Waals surface area (Å²) in [7, 11) is 1.80. The van der Waals surface area contributed by atoms with Gasteiger partial charge in [-0.05, 0) is 44.5 Å². The van der Waals surface area contributed by atoms with Gasteiger partial charge in [-0.3, -0.25) is 9.48 Å². The molecular formula is C21H25N3O5. The number of hydrogen-bond acceptors (Lipinski definition) is 6. The summed E-state index contributed by atoms with van der Waals surface area (Å²) in [5.74, 6) is 0.308. The molecule has 8 nitrogen and oxygen atoms in total. The van der Waals surface area contributed by atoms with Gasteiger partial charge in [0.2, 0.25) is 0 Å². The van der Waals surface area contributed by atoms with Crippen LogP contribution in [-0.2, 0) is 21.4 Å². The van der Waals surface area contributed by atoms with Crippen LogP contribution >= 0.6 is 0 Å². The summed E-state index contributed by atoms with van der Waals surface area (Å²) in [4.78, 5) is 24.5. The average molecular weight is 399 g/mol. The Morgan fingerprint density at radius 1 is 1.24 bits per heavy atom. The third kappa shape index (κ3) is 4.96. The van der Waals surface area contributed by atoms with E-state index in [4.69, 9.17) is 14.2 Å². The standard InChI is InChI=1S/C21H25N3O5/c1-13-20(14(2)24(4)23-13)22-21(26)15(3)29-19(25)9-7-16-6-8-17-18(12-16)28-11-5-10-27-17/h6-9,12,15H,5,10-11H2,1-4H3,(H,22,26)/b9-7+/t15-/m1/s1. The molecule has 1 amide bonds. The molecule has 1 aromatic heterocycles. The van der Waals surface area contributed by atoms with Crippen LogP contribution < -0.4 is 14.8 Å². The molecule has 1 aliphatic rings. The lowest BCUT2D eigenvalue weighted by Crippen LogP contribution is -2.29. The van der Waals surface area contributed by atoms with Crippen molar-refractivity contribution >= 4 is 23.6 Å². The second-order valence-corrected chi connectivity index (χ2v) is 6.83. The topological polar surface area (TPSA) is 91.7 Å². The molecule has 0 aliphatic carbocycles. The van der Waals surface area contributed by atoms with Crippen molar-refractivity contribution < 1.29 is 23.8 Å². The molecule has 0 unspecified atom stereocenters. The summed E-state index contributed by atoms with van der Waals surface area (Å²) in [5.41, 5.74) is 2.92. The van der Waals surface area contributed by atoms with Crippen molar-refractivity contribution in [3.05, 3.63) is 41.2 Å². The van der Waals surface area contributed by atoms with Crippen molar-refractivity contribution in [1.82, 2.24) is 9.78 Å². The lowest BCUT2D eigenvalue weighted by Gasteiger charge is -2.12. The van der Waals surface area contributed by atoms with Crippen molar-refractivity contribution in [2.45, 2.75) is 33.3 Å². The maximum Gasteiger partial charge on any atom is 0.331 e. The Morgan fingerprint density at radius 3 is 2.66 bits per heavy atom. The van der Waals surface area contributed by atoms with Crippen LogP contribution in [0.25, 0.3) is 6.08 Å². The Bertz CT molecular complexity index is 948. The molecule has 0 fully saturated rings. The molecule has 1 aliphatic heterocycles. The number of nitrogens with zero attached hydrogens (tertiary/aromatic N) is 2. The fraction of sp³-hybridized carbons (Fsp3) is 0.381. The number of ether oxygens (including phenoxy) is 3. The molecule has 29 heavy (non-hydrogen) atoms. The summed E-state index contributed by atoms with van der Waals surface area (Å²) < 4.78 is 18.1. The third-order valence-corrected chi connectivity index (χ3v) is 4.60. The van der Waals surface area contributed by atoms with Crippen molar-refractivity contribution in [1.29, 1.82) is 0 Å². The van der Waals surface area contributed by atoms with Gasteiger partial charge in [-0.25, -0.2) is 4.79 Å². The first-order chi connectivity index (χ1) is 13.8. The number of rotatable bonds is 5. The fourth-order valence-corrected chi connectivity index (χ4v) is 2.89. The maximum absolute atomic E-state index is 12.3. The third-order valence-electron chi connectivity index (χ3n) is 4.60. The summed E-state index contributed by atoms with van der Waals surface area (Å²) in [5, 5.41) is 7.01. The molecule has 0 spiro atoms. The molecule has 1 N–H and O–H groups in total. The Balaban J connectivity index is 1.58. The molecule has 1 aromatic carbocycles. The zero-order valence-corrected chi connectivity index (χ0v) is 17.0. The largest absolute Gasteiger partial charge is 0.490 e. The number of hydrogen-bond donors (Lipinski definition) is 1. The van der Waals surface area contributed by atoms with E-state index in [1.54, 1.807) is 36.9 Å². The first-order valence-corrected chi connectivity index (χ1v) is 9.44. The van der Waals surface area contributed by atoms with Crippen LogP contribution in [0.15, 0.2) is 24.3 Å². The monoisotopic (exact) mass is 399 g/mol. The van der Waals surface area contributed by atoms with E-state index in [1.165, 1.54) is 13.0 Å². The fourth-order valence-electron chi connectivity index (χ4n) is 2.89. The molecule has 154 valence electrons. The van der Waals surface area contributed by atoms with Crippen LogP contribution in [-0.4, -0.2) is 41.0 Å². The van der Waals surface area contributed by atoms with E-state index in [2.05, 4.69) is 10.4 Å². The maximum atomic E-state index is 12.3. The average Bonchev–Trinajstić information content (AvgIpc) is 2.86. The quantitative estimate of drug-likeness (QED) is 0.614. The predicted molar refractivity (Wildman–Crippen MR) is 108 cm³/mol. The number of anilines is 1. The summed E-state index contributed by atoms with van der Waals surface area (Å²) in [6.07, 6.45) is 2.76. The zero-order chi connectivity index (χ0) is 21.0. The highest BCUT2D eigenvalue weighted by Gasteiger charge is 2.20. The molecule has 0 saturated heterocycles. The Morgan fingerprint density at radius 2 is 1.97 bits per heavy atom. The van der Waals surface area contributed by atoms with Crippen LogP contribution in [0, 0.1) is 13.8 Å². The number of nitrogens with one attached hydrogen (secondary N) is 1. The van der Waals surface area contributed by atoms with E-state index in [1.807, 2.05) is 13.0 Å². The number of aromatic nitrogens is 2. The van der Waals surface area contributed by atoms with Gasteiger partial charge in [-0.2, -0.15) is 5.10 Å². The molecule has 0 bridgehead atoms. The van der Waals surface area contributed by atoms with E-state index < -0.39 is 18.0 Å². The van der Waals surface area contributed by atoms with Crippen LogP contribution in [0.4, 0.5) is 5.69 Å². The lowest BCUT2D eigenvalue weighted by molar-refractivity contribution is -0.148. The molecule has 2 heterocycles. The van der Waals surface area contributed by atoms with Gasteiger partial charge in [-0.1, -0.05) is 6.07 Å². The van der Waals surface area contributed by atoms with Crippen molar-refractivity contribution in [3.8, 4) is 11.5 Å².